The predicted octanol–water partition coefficient (Wildman–Crippen LogP) is 4.29. The molecule has 1 aromatic heterocycles. The van der Waals surface area contributed by atoms with Gasteiger partial charge in [-0.2, -0.15) is 4.98 Å². The Kier molecular flexibility index (Phi) is 3.89. The molecule has 3 saturated carbocycles. The van der Waals surface area contributed by atoms with Gasteiger partial charge in [0, 0.05) is 29.8 Å². The molecule has 2 aromatic rings. The van der Waals surface area contributed by atoms with Crippen LogP contribution in [0, 0.1) is 0 Å². The minimum Gasteiger partial charge on any atom is -0.339 e. The van der Waals surface area contributed by atoms with Crippen molar-refractivity contribution in [3.8, 4) is 0 Å². The third kappa shape index (κ3) is 3.12. The van der Waals surface area contributed by atoms with Crippen LogP contribution in [0.5, 0.6) is 0 Å². The first-order chi connectivity index (χ1) is 12.3. The van der Waals surface area contributed by atoms with E-state index in [0.29, 0.717) is 17.9 Å². The smallest absolute Gasteiger partial charge is 0.229 e. The molecule has 0 amide bonds. The summed E-state index contributed by atoms with van der Waals surface area (Å²) < 4.78 is 5.65. The van der Waals surface area contributed by atoms with Crippen molar-refractivity contribution in [3.05, 3.63) is 47.6 Å². The SMILES string of the molecule is c1ccc([C@@H]2C[C@H]2NCC2(c3noc(C4CCCCC4)n3)CC2)cc1. The average molecular weight is 337 g/mol. The Labute approximate surface area is 149 Å². The zero-order valence-electron chi connectivity index (χ0n) is 14.8. The molecule has 1 aromatic carbocycles. The highest BCUT2D eigenvalue weighted by Gasteiger charge is 2.50. The quantitative estimate of drug-likeness (QED) is 0.854. The molecule has 4 nitrogen and oxygen atoms in total. The fraction of sp³-hybridized carbons (Fsp3) is 0.619. The summed E-state index contributed by atoms with van der Waals surface area (Å²) >= 11 is 0. The average Bonchev–Trinajstić information content (AvgIpc) is 3.58. The molecule has 0 aliphatic heterocycles. The summed E-state index contributed by atoms with van der Waals surface area (Å²) in [6, 6.07) is 11.5. The van der Waals surface area contributed by atoms with Gasteiger partial charge in [0.1, 0.15) is 0 Å². The molecule has 3 fully saturated rings. The summed E-state index contributed by atoms with van der Waals surface area (Å²) in [6.07, 6.45) is 10.0. The van der Waals surface area contributed by atoms with E-state index in [4.69, 9.17) is 9.51 Å². The van der Waals surface area contributed by atoms with E-state index >= 15 is 0 Å². The van der Waals surface area contributed by atoms with Crippen LogP contribution in [-0.4, -0.2) is 22.7 Å². The molecule has 132 valence electrons. The number of rotatable bonds is 6. The Morgan fingerprint density at radius 3 is 2.64 bits per heavy atom. The molecule has 0 unspecified atom stereocenters. The normalized spacial score (nSPS) is 28.0. The fourth-order valence-electron chi connectivity index (χ4n) is 4.41. The van der Waals surface area contributed by atoms with Crippen molar-refractivity contribution >= 4 is 0 Å². The van der Waals surface area contributed by atoms with Crippen molar-refractivity contribution in [2.24, 2.45) is 0 Å². The fourth-order valence-corrected chi connectivity index (χ4v) is 4.41. The summed E-state index contributed by atoms with van der Waals surface area (Å²) in [5, 5.41) is 8.15. The Bertz CT molecular complexity index is 716. The van der Waals surface area contributed by atoms with E-state index in [-0.39, 0.29) is 5.41 Å². The van der Waals surface area contributed by atoms with Crippen molar-refractivity contribution in [1.29, 1.82) is 0 Å². The van der Waals surface area contributed by atoms with Crippen LogP contribution < -0.4 is 5.32 Å². The van der Waals surface area contributed by atoms with Gasteiger partial charge in [-0.15, -0.1) is 0 Å². The van der Waals surface area contributed by atoms with Crippen LogP contribution in [0.25, 0.3) is 0 Å². The van der Waals surface area contributed by atoms with E-state index in [1.165, 1.54) is 56.9 Å². The molecule has 3 aliphatic rings. The van der Waals surface area contributed by atoms with Gasteiger partial charge < -0.3 is 9.84 Å². The Balaban J connectivity index is 1.20. The molecule has 0 saturated heterocycles. The highest BCUT2D eigenvalue weighted by molar-refractivity contribution is 5.28. The van der Waals surface area contributed by atoms with Gasteiger partial charge in [0.25, 0.3) is 0 Å². The molecule has 0 radical (unpaired) electrons. The zero-order chi connectivity index (χ0) is 16.7. The molecule has 1 N–H and O–H groups in total. The second-order valence-corrected chi connectivity index (χ2v) is 8.31. The van der Waals surface area contributed by atoms with Crippen LogP contribution in [0.2, 0.25) is 0 Å². The van der Waals surface area contributed by atoms with Crippen molar-refractivity contribution in [2.45, 2.75) is 74.7 Å². The molecular formula is C21H27N3O. The summed E-state index contributed by atoms with van der Waals surface area (Å²) in [5.74, 6) is 3.04. The van der Waals surface area contributed by atoms with Gasteiger partial charge in [-0.1, -0.05) is 54.8 Å². The molecule has 5 rings (SSSR count). The van der Waals surface area contributed by atoms with Gasteiger partial charge in [-0.05, 0) is 37.7 Å². The lowest BCUT2D eigenvalue weighted by atomic mass is 9.89. The first-order valence-corrected chi connectivity index (χ1v) is 9.96. The zero-order valence-corrected chi connectivity index (χ0v) is 14.8. The first-order valence-electron chi connectivity index (χ1n) is 9.96. The molecule has 3 aliphatic carbocycles. The Morgan fingerprint density at radius 2 is 1.88 bits per heavy atom. The largest absolute Gasteiger partial charge is 0.339 e. The van der Waals surface area contributed by atoms with Gasteiger partial charge >= 0.3 is 0 Å². The lowest BCUT2D eigenvalue weighted by Crippen LogP contribution is -2.30. The number of aromatic nitrogens is 2. The predicted molar refractivity (Wildman–Crippen MR) is 96.6 cm³/mol. The van der Waals surface area contributed by atoms with Crippen molar-refractivity contribution in [2.75, 3.05) is 6.54 Å². The second kappa shape index (κ2) is 6.24. The summed E-state index contributed by atoms with van der Waals surface area (Å²) in [6.45, 7) is 0.991. The summed E-state index contributed by atoms with van der Waals surface area (Å²) in [7, 11) is 0. The molecule has 25 heavy (non-hydrogen) atoms. The molecule has 4 heteroatoms. The Hall–Kier alpha value is -1.68. The number of benzene rings is 1. The van der Waals surface area contributed by atoms with E-state index in [2.05, 4.69) is 40.8 Å². The highest BCUT2D eigenvalue weighted by atomic mass is 16.5. The minimum atomic E-state index is 0.139. The summed E-state index contributed by atoms with van der Waals surface area (Å²) in [5.41, 5.74) is 1.60. The van der Waals surface area contributed by atoms with E-state index in [1.807, 2.05) is 0 Å². The van der Waals surface area contributed by atoms with Gasteiger partial charge in [-0.25, -0.2) is 0 Å². The number of nitrogens with zero attached hydrogens (tertiary/aromatic N) is 2. The molecular weight excluding hydrogens is 310 g/mol. The van der Waals surface area contributed by atoms with Gasteiger partial charge in [0.05, 0.1) is 0 Å². The van der Waals surface area contributed by atoms with E-state index < -0.39 is 0 Å². The second-order valence-electron chi connectivity index (χ2n) is 8.31. The van der Waals surface area contributed by atoms with E-state index in [9.17, 15) is 0 Å². The maximum absolute atomic E-state index is 5.65. The molecule has 0 bridgehead atoms. The van der Waals surface area contributed by atoms with Crippen LogP contribution in [0.1, 0.15) is 80.5 Å². The van der Waals surface area contributed by atoms with E-state index in [0.717, 1.165) is 18.3 Å². The monoisotopic (exact) mass is 337 g/mol. The Morgan fingerprint density at radius 1 is 1.08 bits per heavy atom. The third-order valence-electron chi connectivity index (χ3n) is 6.44. The van der Waals surface area contributed by atoms with E-state index in [1.54, 1.807) is 0 Å². The topological polar surface area (TPSA) is 51.0 Å². The van der Waals surface area contributed by atoms with Crippen molar-refractivity contribution in [1.82, 2.24) is 15.5 Å². The van der Waals surface area contributed by atoms with Gasteiger partial charge in [0.2, 0.25) is 5.89 Å². The van der Waals surface area contributed by atoms with Crippen molar-refractivity contribution < 1.29 is 4.52 Å². The van der Waals surface area contributed by atoms with Crippen LogP contribution in [0.15, 0.2) is 34.9 Å². The maximum Gasteiger partial charge on any atom is 0.229 e. The van der Waals surface area contributed by atoms with Crippen LogP contribution in [0.4, 0.5) is 0 Å². The van der Waals surface area contributed by atoms with Crippen molar-refractivity contribution in [3.63, 3.8) is 0 Å². The first kappa shape index (κ1) is 15.6. The van der Waals surface area contributed by atoms with Gasteiger partial charge in [0.15, 0.2) is 5.82 Å². The molecule has 0 spiro atoms. The maximum atomic E-state index is 5.65. The standard InChI is InChI=1S/C21H27N3O/c1-3-7-15(8-4-1)17-13-18(17)22-14-21(11-12-21)20-23-19(25-24-20)16-9-5-2-6-10-16/h1,3-4,7-8,16-18,22H,2,5-6,9-14H2/t17-,18+/m0/s1. The number of hydrogen-bond acceptors (Lipinski definition) is 4. The molecule has 1 heterocycles. The van der Waals surface area contributed by atoms with Gasteiger partial charge in [-0.3, -0.25) is 0 Å². The lowest BCUT2D eigenvalue weighted by Gasteiger charge is -2.17. The number of hydrogen-bond donors (Lipinski definition) is 1. The third-order valence-corrected chi connectivity index (χ3v) is 6.44. The highest BCUT2D eigenvalue weighted by Crippen LogP contribution is 2.48. The number of nitrogens with one attached hydrogen (secondary N) is 1. The lowest BCUT2D eigenvalue weighted by molar-refractivity contribution is 0.310. The summed E-state index contributed by atoms with van der Waals surface area (Å²) in [4.78, 5) is 4.83. The van der Waals surface area contributed by atoms with Crippen LogP contribution >= 0.6 is 0 Å². The van der Waals surface area contributed by atoms with Crippen LogP contribution in [-0.2, 0) is 5.41 Å². The minimum absolute atomic E-state index is 0.139. The van der Waals surface area contributed by atoms with Crippen LogP contribution in [0.3, 0.4) is 0 Å². The molecule has 2 atom stereocenters.